The van der Waals surface area contributed by atoms with Crippen molar-refractivity contribution < 1.29 is 9.59 Å². The van der Waals surface area contributed by atoms with Crippen molar-refractivity contribution >= 4 is 11.8 Å². The van der Waals surface area contributed by atoms with Crippen LogP contribution in [0.2, 0.25) is 0 Å². The van der Waals surface area contributed by atoms with Gasteiger partial charge < -0.3 is 10.2 Å². The van der Waals surface area contributed by atoms with E-state index in [2.05, 4.69) is 24.1 Å². The molecular formula is C18H27N3O2. The average molecular weight is 317 g/mol. The minimum Gasteiger partial charge on any atom is -0.358 e. The van der Waals surface area contributed by atoms with Gasteiger partial charge in [-0.3, -0.25) is 14.5 Å². The lowest BCUT2D eigenvalue weighted by Gasteiger charge is -2.42. The Morgan fingerprint density at radius 3 is 2.52 bits per heavy atom. The molecule has 1 aliphatic rings. The molecule has 0 spiro atoms. The first-order valence-corrected chi connectivity index (χ1v) is 8.32. The Bertz CT molecular complexity index is 530. The van der Waals surface area contributed by atoms with Crippen molar-refractivity contribution in [3.05, 3.63) is 35.9 Å². The van der Waals surface area contributed by atoms with Crippen LogP contribution in [0.3, 0.4) is 0 Å². The number of hydrogen-bond acceptors (Lipinski definition) is 3. The summed E-state index contributed by atoms with van der Waals surface area (Å²) in [5.41, 5.74) is 1.17. The molecule has 5 heteroatoms. The first-order valence-electron chi connectivity index (χ1n) is 8.32. The molecule has 2 amide bonds. The molecule has 0 radical (unpaired) electrons. The molecular weight excluding hydrogens is 290 g/mol. The lowest BCUT2D eigenvalue weighted by atomic mass is 10.1. The zero-order valence-electron chi connectivity index (χ0n) is 14.3. The number of aryl methyl sites for hydroxylation is 1. The second kappa shape index (κ2) is 8.11. The number of benzene rings is 1. The highest BCUT2D eigenvalue weighted by Crippen LogP contribution is 2.15. The summed E-state index contributed by atoms with van der Waals surface area (Å²) in [7, 11) is 1.65. The normalized spacial score (nSPS) is 19.0. The molecule has 0 bridgehead atoms. The van der Waals surface area contributed by atoms with Crippen LogP contribution in [-0.2, 0) is 16.0 Å². The molecule has 1 aromatic rings. The van der Waals surface area contributed by atoms with Crippen LogP contribution in [0.15, 0.2) is 30.3 Å². The molecule has 0 aliphatic carbocycles. The lowest BCUT2D eigenvalue weighted by molar-refractivity contribution is -0.138. The van der Waals surface area contributed by atoms with Crippen LogP contribution >= 0.6 is 0 Å². The van der Waals surface area contributed by atoms with Gasteiger partial charge in [0, 0.05) is 39.1 Å². The van der Waals surface area contributed by atoms with Gasteiger partial charge in [0.15, 0.2) is 0 Å². The molecule has 0 aromatic heterocycles. The van der Waals surface area contributed by atoms with Gasteiger partial charge in [0.05, 0.1) is 0 Å². The number of piperazine rings is 1. The van der Waals surface area contributed by atoms with Crippen LogP contribution in [0.4, 0.5) is 0 Å². The maximum Gasteiger partial charge on any atom is 0.238 e. The van der Waals surface area contributed by atoms with Gasteiger partial charge >= 0.3 is 0 Å². The summed E-state index contributed by atoms with van der Waals surface area (Å²) < 4.78 is 0. The van der Waals surface area contributed by atoms with E-state index in [-0.39, 0.29) is 17.9 Å². The van der Waals surface area contributed by atoms with E-state index in [0.29, 0.717) is 25.6 Å². The van der Waals surface area contributed by atoms with Gasteiger partial charge in [0.1, 0.15) is 6.04 Å². The number of likely N-dealkylation sites (N-methyl/N-ethyl adjacent to an activating group) is 1. The maximum atomic E-state index is 12.5. The van der Waals surface area contributed by atoms with Crippen LogP contribution in [0.1, 0.15) is 25.8 Å². The van der Waals surface area contributed by atoms with Gasteiger partial charge in [-0.15, -0.1) is 0 Å². The topological polar surface area (TPSA) is 52.7 Å². The largest absolute Gasteiger partial charge is 0.358 e. The fourth-order valence-corrected chi connectivity index (χ4v) is 3.10. The molecule has 1 saturated heterocycles. The van der Waals surface area contributed by atoms with Crippen molar-refractivity contribution in [1.29, 1.82) is 0 Å². The molecule has 1 N–H and O–H groups in total. The first kappa shape index (κ1) is 17.5. The van der Waals surface area contributed by atoms with E-state index in [0.717, 1.165) is 13.0 Å². The lowest BCUT2D eigenvalue weighted by Crippen LogP contribution is -2.61. The Kier molecular flexibility index (Phi) is 6.16. The highest BCUT2D eigenvalue weighted by molar-refractivity contribution is 5.83. The number of amides is 2. The van der Waals surface area contributed by atoms with E-state index >= 15 is 0 Å². The van der Waals surface area contributed by atoms with E-state index < -0.39 is 0 Å². The van der Waals surface area contributed by atoms with Gasteiger partial charge in [-0.05, 0) is 25.8 Å². The van der Waals surface area contributed by atoms with Crippen LogP contribution in [0.5, 0.6) is 0 Å². The van der Waals surface area contributed by atoms with Crippen LogP contribution in [-0.4, -0.2) is 60.4 Å². The molecule has 1 atom stereocenters. The van der Waals surface area contributed by atoms with Crippen LogP contribution < -0.4 is 5.32 Å². The van der Waals surface area contributed by atoms with Crippen molar-refractivity contribution in [2.75, 3.05) is 26.7 Å². The molecule has 126 valence electrons. The Labute approximate surface area is 138 Å². The molecule has 1 aliphatic heterocycles. The second-order valence-corrected chi connectivity index (χ2v) is 6.29. The van der Waals surface area contributed by atoms with Crippen molar-refractivity contribution in [3.8, 4) is 0 Å². The third-order valence-corrected chi connectivity index (χ3v) is 4.46. The van der Waals surface area contributed by atoms with Crippen molar-refractivity contribution in [1.82, 2.24) is 15.1 Å². The van der Waals surface area contributed by atoms with Gasteiger partial charge in [0.25, 0.3) is 0 Å². The number of carbonyl (C=O) groups excluding carboxylic acids is 2. The summed E-state index contributed by atoms with van der Waals surface area (Å²) in [4.78, 5) is 28.6. The van der Waals surface area contributed by atoms with Gasteiger partial charge in [0.2, 0.25) is 11.8 Å². The minimum atomic E-state index is -0.255. The minimum absolute atomic E-state index is 0.0146. The van der Waals surface area contributed by atoms with E-state index in [9.17, 15) is 9.59 Å². The summed E-state index contributed by atoms with van der Waals surface area (Å²) in [5, 5.41) is 2.72. The zero-order chi connectivity index (χ0) is 16.8. The molecule has 1 fully saturated rings. The van der Waals surface area contributed by atoms with Crippen LogP contribution in [0, 0.1) is 0 Å². The molecule has 23 heavy (non-hydrogen) atoms. The van der Waals surface area contributed by atoms with Crippen molar-refractivity contribution in [2.45, 2.75) is 38.8 Å². The number of nitrogens with zero attached hydrogens (tertiary/aromatic N) is 2. The maximum absolute atomic E-state index is 12.5. The Balaban J connectivity index is 1.95. The number of carbonyl (C=O) groups is 2. The molecule has 0 unspecified atom stereocenters. The summed E-state index contributed by atoms with van der Waals surface area (Å²) in [6.45, 7) is 6.09. The van der Waals surface area contributed by atoms with Gasteiger partial charge in [-0.1, -0.05) is 30.3 Å². The fourth-order valence-electron chi connectivity index (χ4n) is 3.10. The summed E-state index contributed by atoms with van der Waals surface area (Å²) in [6.07, 6.45) is 1.24. The average Bonchev–Trinajstić information content (AvgIpc) is 2.59. The zero-order valence-corrected chi connectivity index (χ0v) is 14.3. The monoisotopic (exact) mass is 317 g/mol. The van der Waals surface area contributed by atoms with E-state index in [1.165, 1.54) is 5.56 Å². The summed E-state index contributed by atoms with van der Waals surface area (Å²) in [5.74, 6) is 0.116. The third-order valence-electron chi connectivity index (χ3n) is 4.46. The van der Waals surface area contributed by atoms with Crippen LogP contribution in [0.25, 0.3) is 0 Å². The standard InChI is InChI=1S/C18H27N3O2/c1-14(2)21-12-11-20(13-16(21)18(23)19-3)17(22)10-9-15-7-5-4-6-8-15/h4-8,14,16H,9-13H2,1-3H3,(H,19,23)/t16-/m0/s1. The summed E-state index contributed by atoms with van der Waals surface area (Å²) >= 11 is 0. The molecule has 0 saturated carbocycles. The predicted octanol–water partition coefficient (Wildman–Crippen LogP) is 1.29. The number of rotatable bonds is 5. The third kappa shape index (κ3) is 4.55. The van der Waals surface area contributed by atoms with E-state index in [1.807, 2.05) is 35.2 Å². The SMILES string of the molecule is CNC(=O)[C@@H]1CN(C(=O)CCc2ccccc2)CCN1C(C)C. The highest BCUT2D eigenvalue weighted by atomic mass is 16.2. The molecule has 5 nitrogen and oxygen atoms in total. The Morgan fingerprint density at radius 2 is 1.91 bits per heavy atom. The highest BCUT2D eigenvalue weighted by Gasteiger charge is 2.34. The second-order valence-electron chi connectivity index (χ2n) is 6.29. The predicted molar refractivity (Wildman–Crippen MR) is 91.0 cm³/mol. The Morgan fingerprint density at radius 1 is 1.22 bits per heavy atom. The molecule has 2 rings (SSSR count). The fraction of sp³-hybridized carbons (Fsp3) is 0.556. The van der Waals surface area contributed by atoms with Gasteiger partial charge in [-0.25, -0.2) is 0 Å². The number of hydrogen-bond donors (Lipinski definition) is 1. The van der Waals surface area contributed by atoms with Crippen molar-refractivity contribution in [3.63, 3.8) is 0 Å². The Hall–Kier alpha value is -1.88. The van der Waals surface area contributed by atoms with E-state index in [4.69, 9.17) is 0 Å². The molecule has 1 aromatic carbocycles. The quantitative estimate of drug-likeness (QED) is 0.890. The number of nitrogens with one attached hydrogen (secondary N) is 1. The van der Waals surface area contributed by atoms with Crippen molar-refractivity contribution in [2.24, 2.45) is 0 Å². The summed E-state index contributed by atoms with van der Waals surface area (Å²) in [6, 6.07) is 10.1. The smallest absolute Gasteiger partial charge is 0.238 e. The van der Waals surface area contributed by atoms with E-state index in [1.54, 1.807) is 7.05 Å². The molecule has 1 heterocycles. The van der Waals surface area contributed by atoms with Gasteiger partial charge in [-0.2, -0.15) is 0 Å². The first-order chi connectivity index (χ1) is 11.0.